The Hall–Kier alpha value is -0.700. The zero-order valence-electron chi connectivity index (χ0n) is 9.22. The lowest BCUT2D eigenvalue weighted by Gasteiger charge is -2.04. The first-order valence-corrected chi connectivity index (χ1v) is 5.88. The maximum absolute atomic E-state index is 10.3. The molecule has 0 aromatic rings. The highest BCUT2D eigenvalue weighted by Gasteiger charge is 2.06. The Labute approximate surface area is 97.5 Å². The maximum Gasteiger partial charge on any atom is 0.304 e. The van der Waals surface area contributed by atoms with Crippen molar-refractivity contribution in [3.63, 3.8) is 0 Å². The number of carboxylic acids is 1. The molecule has 86 valence electrons. The molecule has 0 aliphatic carbocycles. The Balaban J connectivity index is 3.43. The lowest BCUT2D eigenvalue weighted by Crippen LogP contribution is -2.06. The van der Waals surface area contributed by atoms with E-state index in [1.54, 1.807) is 0 Å². The van der Waals surface area contributed by atoms with Crippen molar-refractivity contribution in [2.45, 2.75) is 44.3 Å². The van der Waals surface area contributed by atoms with Gasteiger partial charge in [-0.3, -0.25) is 4.79 Å². The number of allylic oxidation sites excluding steroid dienone is 4. The number of aliphatic carboxylic acids is 1. The molecule has 0 rings (SSSR count). The van der Waals surface area contributed by atoms with Gasteiger partial charge in [0.15, 0.2) is 0 Å². The molecule has 2 nitrogen and oxygen atoms in total. The predicted octanol–water partition coefficient (Wildman–Crippen LogP) is 3.45. The van der Waals surface area contributed by atoms with Gasteiger partial charge in [0, 0.05) is 5.25 Å². The molecule has 0 aromatic heterocycles. The van der Waals surface area contributed by atoms with Gasteiger partial charge in [-0.2, -0.15) is 12.6 Å². The minimum atomic E-state index is -0.773. The molecule has 1 N–H and O–H groups in total. The molecule has 0 saturated heterocycles. The molecule has 0 radical (unpaired) electrons. The zero-order valence-corrected chi connectivity index (χ0v) is 10.1. The van der Waals surface area contributed by atoms with Crippen molar-refractivity contribution in [3.05, 3.63) is 24.3 Å². The summed E-state index contributed by atoms with van der Waals surface area (Å²) in [7, 11) is 0. The van der Waals surface area contributed by atoms with E-state index >= 15 is 0 Å². The first-order chi connectivity index (χ1) is 7.16. The Kier molecular flexibility index (Phi) is 9.38. The van der Waals surface area contributed by atoms with Crippen LogP contribution < -0.4 is 0 Å². The number of carbonyl (C=O) groups is 1. The van der Waals surface area contributed by atoms with Crippen LogP contribution in [0.4, 0.5) is 0 Å². The van der Waals surface area contributed by atoms with Crippen LogP contribution in [0.1, 0.15) is 39.0 Å². The summed E-state index contributed by atoms with van der Waals surface area (Å²) in [5.41, 5.74) is 0. The van der Waals surface area contributed by atoms with Gasteiger partial charge in [-0.15, -0.1) is 0 Å². The molecule has 0 aliphatic rings. The van der Waals surface area contributed by atoms with Crippen LogP contribution in [-0.2, 0) is 4.79 Å². The van der Waals surface area contributed by atoms with Crippen LogP contribution in [0.3, 0.4) is 0 Å². The smallest absolute Gasteiger partial charge is 0.304 e. The van der Waals surface area contributed by atoms with E-state index in [2.05, 4.69) is 43.9 Å². The third-order valence-electron chi connectivity index (χ3n) is 1.92. The van der Waals surface area contributed by atoms with Crippen LogP contribution in [0.25, 0.3) is 0 Å². The lowest BCUT2D eigenvalue weighted by molar-refractivity contribution is -0.136. The van der Waals surface area contributed by atoms with Gasteiger partial charge in [-0.25, -0.2) is 0 Å². The molecule has 1 atom stereocenters. The highest BCUT2D eigenvalue weighted by atomic mass is 32.1. The minimum absolute atomic E-state index is 0.0293. The minimum Gasteiger partial charge on any atom is -0.481 e. The lowest BCUT2D eigenvalue weighted by atomic mass is 10.1. The number of carboxylic acid groups (broad SMARTS) is 1. The van der Waals surface area contributed by atoms with Gasteiger partial charge in [0.2, 0.25) is 0 Å². The topological polar surface area (TPSA) is 37.3 Å². The van der Waals surface area contributed by atoms with E-state index in [1.165, 1.54) is 0 Å². The summed E-state index contributed by atoms with van der Waals surface area (Å²) in [4.78, 5) is 10.3. The second-order valence-electron chi connectivity index (χ2n) is 3.42. The van der Waals surface area contributed by atoms with Gasteiger partial charge >= 0.3 is 5.97 Å². The quantitative estimate of drug-likeness (QED) is 0.493. The maximum atomic E-state index is 10.3. The standard InChI is InChI=1S/C12H20O2S/c1-2-3-4-5-6-7-8-9-11(15)10-12(13)14/h3-4,6-7,11,15H,2,5,8-10H2,1H3,(H,13,14). The summed E-state index contributed by atoms with van der Waals surface area (Å²) in [5, 5.41) is 8.48. The third-order valence-corrected chi connectivity index (χ3v) is 2.36. The molecule has 0 aromatic carbocycles. The molecule has 0 amide bonds. The molecule has 15 heavy (non-hydrogen) atoms. The monoisotopic (exact) mass is 228 g/mol. The molecule has 0 bridgehead atoms. The Morgan fingerprint density at radius 2 is 2.00 bits per heavy atom. The van der Waals surface area contributed by atoms with Gasteiger partial charge < -0.3 is 5.11 Å². The number of thiol groups is 1. The van der Waals surface area contributed by atoms with Crippen molar-refractivity contribution in [1.82, 2.24) is 0 Å². The van der Waals surface area contributed by atoms with Crippen LogP contribution >= 0.6 is 12.6 Å². The van der Waals surface area contributed by atoms with E-state index in [0.29, 0.717) is 0 Å². The molecule has 1 unspecified atom stereocenters. The van der Waals surface area contributed by atoms with Crippen LogP contribution in [0, 0.1) is 0 Å². The predicted molar refractivity (Wildman–Crippen MR) is 67.4 cm³/mol. The fourth-order valence-electron chi connectivity index (χ4n) is 1.15. The van der Waals surface area contributed by atoms with Gasteiger partial charge in [0.25, 0.3) is 0 Å². The average molecular weight is 228 g/mol. The zero-order chi connectivity index (χ0) is 11.5. The van der Waals surface area contributed by atoms with Crippen molar-refractivity contribution in [1.29, 1.82) is 0 Å². The van der Waals surface area contributed by atoms with E-state index in [1.807, 2.05) is 0 Å². The Bertz CT molecular complexity index is 222. The fraction of sp³-hybridized carbons (Fsp3) is 0.583. The molecular formula is C12H20O2S. The SMILES string of the molecule is CCC=CCC=CCCC(S)CC(=O)O. The summed E-state index contributed by atoms with van der Waals surface area (Å²) in [5.74, 6) is -0.773. The van der Waals surface area contributed by atoms with Crippen molar-refractivity contribution in [2.75, 3.05) is 0 Å². The van der Waals surface area contributed by atoms with E-state index in [4.69, 9.17) is 5.11 Å². The summed E-state index contributed by atoms with van der Waals surface area (Å²) < 4.78 is 0. The van der Waals surface area contributed by atoms with Crippen LogP contribution in [0.15, 0.2) is 24.3 Å². The van der Waals surface area contributed by atoms with E-state index in [0.717, 1.165) is 25.7 Å². The van der Waals surface area contributed by atoms with Crippen LogP contribution in [-0.4, -0.2) is 16.3 Å². The third kappa shape index (κ3) is 11.2. The van der Waals surface area contributed by atoms with E-state index < -0.39 is 5.97 Å². The molecular weight excluding hydrogens is 208 g/mol. The Morgan fingerprint density at radius 3 is 2.60 bits per heavy atom. The first-order valence-electron chi connectivity index (χ1n) is 5.36. The average Bonchev–Trinajstić information content (AvgIpc) is 2.15. The normalized spacial score (nSPS) is 13.7. The highest BCUT2D eigenvalue weighted by Crippen LogP contribution is 2.09. The molecule has 0 spiro atoms. The van der Waals surface area contributed by atoms with Crippen molar-refractivity contribution in [3.8, 4) is 0 Å². The van der Waals surface area contributed by atoms with Crippen LogP contribution in [0.5, 0.6) is 0 Å². The number of hydrogen-bond donors (Lipinski definition) is 2. The van der Waals surface area contributed by atoms with Crippen molar-refractivity contribution >= 4 is 18.6 Å². The molecule has 3 heteroatoms. The first kappa shape index (κ1) is 14.3. The highest BCUT2D eigenvalue weighted by molar-refractivity contribution is 7.81. The van der Waals surface area contributed by atoms with Crippen LogP contribution in [0.2, 0.25) is 0 Å². The molecule has 0 heterocycles. The number of rotatable bonds is 8. The van der Waals surface area contributed by atoms with E-state index in [-0.39, 0.29) is 11.7 Å². The summed E-state index contributed by atoms with van der Waals surface area (Å²) in [6.07, 6.45) is 12.4. The fourth-order valence-corrected chi connectivity index (χ4v) is 1.45. The summed E-state index contributed by atoms with van der Waals surface area (Å²) >= 11 is 4.20. The van der Waals surface area contributed by atoms with Gasteiger partial charge in [0.1, 0.15) is 0 Å². The Morgan fingerprint density at radius 1 is 1.33 bits per heavy atom. The largest absolute Gasteiger partial charge is 0.481 e. The number of hydrogen-bond acceptors (Lipinski definition) is 2. The second kappa shape index (κ2) is 9.84. The van der Waals surface area contributed by atoms with Crippen molar-refractivity contribution < 1.29 is 9.90 Å². The van der Waals surface area contributed by atoms with Gasteiger partial charge in [-0.05, 0) is 25.7 Å². The van der Waals surface area contributed by atoms with E-state index in [9.17, 15) is 4.79 Å². The van der Waals surface area contributed by atoms with Gasteiger partial charge in [-0.1, -0.05) is 31.2 Å². The molecule has 0 saturated carbocycles. The molecule has 0 fully saturated rings. The van der Waals surface area contributed by atoms with Crippen molar-refractivity contribution in [2.24, 2.45) is 0 Å². The summed E-state index contributed by atoms with van der Waals surface area (Å²) in [6, 6.07) is 0. The summed E-state index contributed by atoms with van der Waals surface area (Å²) in [6.45, 7) is 2.11. The second-order valence-corrected chi connectivity index (χ2v) is 4.15. The molecule has 0 aliphatic heterocycles. The van der Waals surface area contributed by atoms with Gasteiger partial charge in [0.05, 0.1) is 6.42 Å².